The summed E-state index contributed by atoms with van der Waals surface area (Å²) in [6.45, 7) is 0.362. The predicted octanol–water partition coefficient (Wildman–Crippen LogP) is 4.42. The quantitative estimate of drug-likeness (QED) is 0.658. The lowest BCUT2D eigenvalue weighted by Gasteiger charge is -2.09. The first-order valence-electron chi connectivity index (χ1n) is 8.02. The Bertz CT molecular complexity index is 895. The standard InChI is InChI=1S/C20H18ClNO3S/c1-25-17-9-7-14(21)11-16(17)20(24)22-12-15-8-10-18(26-15)19(23)13-5-3-2-4-6-13/h2-11,19,23H,12H2,1H3,(H,22,24). The molecule has 3 rings (SSSR count). The third-order valence-electron chi connectivity index (χ3n) is 3.90. The van der Waals surface area contributed by atoms with Crippen LogP contribution < -0.4 is 10.1 Å². The molecule has 1 unspecified atom stereocenters. The highest BCUT2D eigenvalue weighted by Gasteiger charge is 2.15. The summed E-state index contributed by atoms with van der Waals surface area (Å²) >= 11 is 7.43. The number of hydrogen-bond acceptors (Lipinski definition) is 4. The third kappa shape index (κ3) is 4.25. The lowest BCUT2D eigenvalue weighted by Crippen LogP contribution is -2.22. The number of carbonyl (C=O) groups is 1. The van der Waals surface area contributed by atoms with Gasteiger partial charge >= 0.3 is 0 Å². The molecule has 0 fully saturated rings. The van der Waals surface area contributed by atoms with Crippen molar-refractivity contribution in [1.29, 1.82) is 0 Å². The van der Waals surface area contributed by atoms with Crippen molar-refractivity contribution in [2.75, 3.05) is 7.11 Å². The molecular formula is C20H18ClNO3S. The van der Waals surface area contributed by atoms with Crippen LogP contribution in [0, 0.1) is 0 Å². The second-order valence-electron chi connectivity index (χ2n) is 5.64. The van der Waals surface area contributed by atoms with Crippen LogP contribution in [-0.4, -0.2) is 18.1 Å². The zero-order chi connectivity index (χ0) is 18.5. The van der Waals surface area contributed by atoms with E-state index in [0.29, 0.717) is 22.9 Å². The van der Waals surface area contributed by atoms with E-state index in [0.717, 1.165) is 15.3 Å². The molecule has 3 aromatic rings. The molecule has 0 bridgehead atoms. The van der Waals surface area contributed by atoms with E-state index in [9.17, 15) is 9.90 Å². The minimum Gasteiger partial charge on any atom is -0.496 e. The van der Waals surface area contributed by atoms with Gasteiger partial charge in [0.05, 0.1) is 19.2 Å². The molecule has 0 aliphatic carbocycles. The molecule has 4 nitrogen and oxygen atoms in total. The Morgan fingerprint density at radius 1 is 1.19 bits per heavy atom. The SMILES string of the molecule is COc1ccc(Cl)cc1C(=O)NCc1ccc(C(O)c2ccccc2)s1. The number of rotatable bonds is 6. The Balaban J connectivity index is 1.67. The van der Waals surface area contributed by atoms with Crippen LogP contribution in [0.4, 0.5) is 0 Å². The molecule has 6 heteroatoms. The summed E-state index contributed by atoms with van der Waals surface area (Å²) in [5.74, 6) is 0.209. The Hall–Kier alpha value is -2.34. The number of amides is 1. The van der Waals surface area contributed by atoms with Gasteiger partial charge in [0.25, 0.3) is 5.91 Å². The Morgan fingerprint density at radius 2 is 1.96 bits per heavy atom. The molecule has 134 valence electrons. The van der Waals surface area contributed by atoms with Crippen molar-refractivity contribution in [1.82, 2.24) is 5.32 Å². The molecule has 1 aromatic heterocycles. The van der Waals surface area contributed by atoms with Crippen LogP contribution in [0.25, 0.3) is 0 Å². The van der Waals surface area contributed by atoms with Crippen molar-refractivity contribution in [3.05, 3.63) is 86.6 Å². The highest BCUT2D eigenvalue weighted by molar-refractivity contribution is 7.12. The second-order valence-corrected chi connectivity index (χ2v) is 7.28. The molecule has 1 atom stereocenters. The van der Waals surface area contributed by atoms with Gasteiger partial charge in [0.2, 0.25) is 0 Å². The van der Waals surface area contributed by atoms with E-state index in [4.69, 9.17) is 16.3 Å². The maximum atomic E-state index is 12.4. The smallest absolute Gasteiger partial charge is 0.255 e. The van der Waals surface area contributed by atoms with Gasteiger partial charge in [-0.3, -0.25) is 4.79 Å². The number of ether oxygens (including phenoxy) is 1. The fourth-order valence-corrected chi connectivity index (χ4v) is 3.70. The first-order valence-corrected chi connectivity index (χ1v) is 9.21. The summed E-state index contributed by atoms with van der Waals surface area (Å²) in [7, 11) is 1.51. The number of thiophene rings is 1. The van der Waals surface area contributed by atoms with Crippen LogP contribution in [0.3, 0.4) is 0 Å². The summed E-state index contributed by atoms with van der Waals surface area (Å²) in [6, 6.07) is 18.2. The van der Waals surface area contributed by atoms with E-state index in [-0.39, 0.29) is 5.91 Å². The third-order valence-corrected chi connectivity index (χ3v) is 5.27. The molecule has 0 saturated carbocycles. The van der Waals surface area contributed by atoms with E-state index in [1.165, 1.54) is 18.4 Å². The van der Waals surface area contributed by atoms with E-state index >= 15 is 0 Å². The molecule has 0 aliphatic rings. The Morgan fingerprint density at radius 3 is 2.69 bits per heavy atom. The molecule has 0 spiro atoms. The van der Waals surface area contributed by atoms with Gasteiger partial charge < -0.3 is 15.2 Å². The van der Waals surface area contributed by atoms with Crippen molar-refractivity contribution in [3.63, 3.8) is 0 Å². The first kappa shape index (κ1) is 18.5. The van der Waals surface area contributed by atoms with Gasteiger partial charge in [0.15, 0.2) is 0 Å². The summed E-state index contributed by atoms with van der Waals surface area (Å²) < 4.78 is 5.21. The lowest BCUT2D eigenvalue weighted by atomic mass is 10.1. The van der Waals surface area contributed by atoms with Gasteiger partial charge in [-0.2, -0.15) is 0 Å². The van der Waals surface area contributed by atoms with Crippen LogP contribution in [0.2, 0.25) is 5.02 Å². The number of halogens is 1. The number of nitrogens with one attached hydrogen (secondary N) is 1. The van der Waals surface area contributed by atoms with Gasteiger partial charge in [-0.25, -0.2) is 0 Å². The molecule has 0 aliphatic heterocycles. The largest absolute Gasteiger partial charge is 0.496 e. The van der Waals surface area contributed by atoms with Gasteiger partial charge in [-0.05, 0) is 35.9 Å². The Kier molecular flexibility index (Phi) is 5.93. The number of aliphatic hydroxyl groups excluding tert-OH is 1. The highest BCUT2D eigenvalue weighted by Crippen LogP contribution is 2.28. The van der Waals surface area contributed by atoms with Crippen molar-refractivity contribution in [3.8, 4) is 5.75 Å². The van der Waals surface area contributed by atoms with E-state index in [1.54, 1.807) is 18.2 Å². The van der Waals surface area contributed by atoms with E-state index in [1.807, 2.05) is 42.5 Å². The summed E-state index contributed by atoms with van der Waals surface area (Å²) in [5, 5.41) is 13.8. The molecule has 0 saturated heterocycles. The normalized spacial score (nSPS) is 11.8. The average Bonchev–Trinajstić information content (AvgIpc) is 3.15. The van der Waals surface area contributed by atoms with Crippen LogP contribution in [0.5, 0.6) is 5.75 Å². The molecule has 26 heavy (non-hydrogen) atoms. The van der Waals surface area contributed by atoms with Crippen molar-refractivity contribution < 1.29 is 14.6 Å². The van der Waals surface area contributed by atoms with Gasteiger partial charge in [0.1, 0.15) is 11.9 Å². The van der Waals surface area contributed by atoms with Gasteiger partial charge in [0, 0.05) is 14.8 Å². The number of carbonyl (C=O) groups excluding carboxylic acids is 1. The van der Waals surface area contributed by atoms with Gasteiger partial charge in [-0.15, -0.1) is 11.3 Å². The number of hydrogen-bond donors (Lipinski definition) is 2. The van der Waals surface area contributed by atoms with Crippen molar-refractivity contribution in [2.24, 2.45) is 0 Å². The van der Waals surface area contributed by atoms with E-state index in [2.05, 4.69) is 5.32 Å². The zero-order valence-corrected chi connectivity index (χ0v) is 15.7. The minimum atomic E-state index is -0.668. The fraction of sp³-hybridized carbons (Fsp3) is 0.150. The summed E-state index contributed by atoms with van der Waals surface area (Å²) in [6.07, 6.45) is -0.668. The monoisotopic (exact) mass is 387 g/mol. The fourth-order valence-electron chi connectivity index (χ4n) is 2.56. The van der Waals surface area contributed by atoms with Gasteiger partial charge in [-0.1, -0.05) is 41.9 Å². The number of methoxy groups -OCH3 is 1. The van der Waals surface area contributed by atoms with Crippen molar-refractivity contribution in [2.45, 2.75) is 12.6 Å². The summed E-state index contributed by atoms with van der Waals surface area (Å²) in [4.78, 5) is 14.2. The highest BCUT2D eigenvalue weighted by atomic mass is 35.5. The van der Waals surface area contributed by atoms with Crippen LogP contribution in [0.1, 0.15) is 31.8 Å². The minimum absolute atomic E-state index is 0.261. The zero-order valence-electron chi connectivity index (χ0n) is 14.1. The average molecular weight is 388 g/mol. The van der Waals surface area contributed by atoms with Crippen LogP contribution in [0.15, 0.2) is 60.7 Å². The molecule has 2 aromatic carbocycles. The van der Waals surface area contributed by atoms with E-state index < -0.39 is 6.10 Å². The number of aliphatic hydroxyl groups is 1. The molecular weight excluding hydrogens is 370 g/mol. The van der Waals surface area contributed by atoms with Crippen LogP contribution in [-0.2, 0) is 6.54 Å². The number of benzene rings is 2. The molecule has 1 heterocycles. The second kappa shape index (κ2) is 8.36. The maximum Gasteiger partial charge on any atom is 0.255 e. The summed E-state index contributed by atoms with van der Waals surface area (Å²) in [5.41, 5.74) is 1.23. The molecule has 1 amide bonds. The van der Waals surface area contributed by atoms with Crippen LogP contribution >= 0.6 is 22.9 Å². The topological polar surface area (TPSA) is 58.6 Å². The molecule has 0 radical (unpaired) electrons. The maximum absolute atomic E-state index is 12.4. The predicted molar refractivity (Wildman–Crippen MR) is 104 cm³/mol. The lowest BCUT2D eigenvalue weighted by molar-refractivity contribution is 0.0948. The Labute approximate surface area is 161 Å². The van der Waals surface area contributed by atoms with Crippen molar-refractivity contribution >= 4 is 28.8 Å². The first-order chi connectivity index (χ1) is 12.6. The molecule has 2 N–H and O–H groups in total.